The van der Waals surface area contributed by atoms with Gasteiger partial charge >= 0.3 is 0 Å². The van der Waals surface area contributed by atoms with Crippen LogP contribution in [0.1, 0.15) is 20.3 Å². The number of amides is 1. The third kappa shape index (κ3) is 1.22. The van der Waals surface area contributed by atoms with Gasteiger partial charge in [0.1, 0.15) is 5.60 Å². The lowest BCUT2D eigenvalue weighted by Crippen LogP contribution is -2.66. The summed E-state index contributed by atoms with van der Waals surface area (Å²) in [6, 6.07) is -0.160. The summed E-state index contributed by atoms with van der Waals surface area (Å²) in [4.78, 5) is 21.8. The molecule has 1 amide bonds. The van der Waals surface area contributed by atoms with Gasteiger partial charge in [-0.2, -0.15) is 0 Å². The minimum atomic E-state index is -0.800. The van der Waals surface area contributed by atoms with Crippen molar-refractivity contribution < 1.29 is 14.3 Å². The smallest absolute Gasteiger partial charge is 0.217 e. The highest BCUT2D eigenvalue weighted by Crippen LogP contribution is 2.31. The Balaban J connectivity index is 2.60. The van der Waals surface area contributed by atoms with E-state index in [0.717, 1.165) is 0 Å². The lowest BCUT2D eigenvalue weighted by atomic mass is 9.74. The second kappa shape index (κ2) is 2.86. The van der Waals surface area contributed by atoms with Crippen LogP contribution in [0.3, 0.4) is 0 Å². The molecule has 4 heteroatoms. The van der Waals surface area contributed by atoms with Crippen LogP contribution in [0.2, 0.25) is 0 Å². The second-order valence-corrected chi connectivity index (χ2v) is 3.19. The summed E-state index contributed by atoms with van der Waals surface area (Å²) < 4.78 is 5.04. The number of hydrogen-bond acceptors (Lipinski definition) is 3. The van der Waals surface area contributed by atoms with Gasteiger partial charge in [0, 0.05) is 20.5 Å². The molecule has 1 N–H and O–H groups in total. The maximum atomic E-state index is 11.1. The zero-order chi connectivity index (χ0) is 9.35. The molecule has 0 aromatic heterocycles. The van der Waals surface area contributed by atoms with Gasteiger partial charge in [-0.15, -0.1) is 0 Å². The minimum absolute atomic E-state index is 0.0451. The molecular weight excluding hydrogens is 158 g/mol. The molecule has 68 valence electrons. The van der Waals surface area contributed by atoms with Crippen molar-refractivity contribution >= 4 is 11.7 Å². The van der Waals surface area contributed by atoms with Gasteiger partial charge in [-0.3, -0.25) is 9.59 Å². The SMILES string of the molecule is CO[C@@]1(C)C(=O)C[C@@H]1NC(C)=O. The van der Waals surface area contributed by atoms with Gasteiger partial charge in [0.05, 0.1) is 6.04 Å². The summed E-state index contributed by atoms with van der Waals surface area (Å²) in [5.41, 5.74) is -0.800. The number of carbonyl (C=O) groups is 2. The fourth-order valence-corrected chi connectivity index (χ4v) is 1.34. The van der Waals surface area contributed by atoms with Crippen LogP contribution in [-0.4, -0.2) is 30.4 Å². The molecule has 1 saturated carbocycles. The molecule has 0 saturated heterocycles. The average molecular weight is 171 g/mol. The van der Waals surface area contributed by atoms with Crippen molar-refractivity contribution in [1.29, 1.82) is 0 Å². The van der Waals surface area contributed by atoms with E-state index in [1.807, 2.05) is 0 Å². The van der Waals surface area contributed by atoms with Gasteiger partial charge in [0.2, 0.25) is 5.91 Å². The molecule has 0 aromatic rings. The Kier molecular flexibility index (Phi) is 2.19. The van der Waals surface area contributed by atoms with Crippen molar-refractivity contribution in [2.75, 3.05) is 7.11 Å². The number of methoxy groups -OCH3 is 1. The molecule has 0 unspecified atom stereocenters. The molecule has 0 aromatic carbocycles. The Bertz CT molecular complexity index is 226. The molecule has 1 aliphatic carbocycles. The predicted molar refractivity (Wildman–Crippen MR) is 42.6 cm³/mol. The van der Waals surface area contributed by atoms with Crippen molar-refractivity contribution in [2.45, 2.75) is 31.9 Å². The first kappa shape index (κ1) is 9.19. The van der Waals surface area contributed by atoms with Gasteiger partial charge in [0.25, 0.3) is 0 Å². The summed E-state index contributed by atoms with van der Waals surface area (Å²) >= 11 is 0. The minimum Gasteiger partial charge on any atom is -0.369 e. The number of rotatable bonds is 2. The lowest BCUT2D eigenvalue weighted by molar-refractivity contribution is -0.160. The van der Waals surface area contributed by atoms with Crippen LogP contribution in [0.4, 0.5) is 0 Å². The van der Waals surface area contributed by atoms with Crippen LogP contribution in [-0.2, 0) is 14.3 Å². The topological polar surface area (TPSA) is 55.4 Å². The molecular formula is C8H13NO3. The van der Waals surface area contributed by atoms with Crippen molar-refractivity contribution in [3.63, 3.8) is 0 Å². The van der Waals surface area contributed by atoms with E-state index in [0.29, 0.717) is 6.42 Å². The maximum Gasteiger partial charge on any atom is 0.217 e. The molecule has 1 fully saturated rings. The zero-order valence-corrected chi connectivity index (χ0v) is 7.51. The van der Waals surface area contributed by atoms with E-state index >= 15 is 0 Å². The first-order chi connectivity index (χ1) is 5.50. The number of Topliss-reactive ketones (excluding diaryl/α,β-unsaturated/α-hetero) is 1. The van der Waals surface area contributed by atoms with Crippen LogP contribution in [0.25, 0.3) is 0 Å². The van der Waals surface area contributed by atoms with Gasteiger partial charge in [0.15, 0.2) is 5.78 Å². The third-order valence-electron chi connectivity index (χ3n) is 2.41. The zero-order valence-electron chi connectivity index (χ0n) is 7.51. The van der Waals surface area contributed by atoms with Crippen molar-refractivity contribution in [3.05, 3.63) is 0 Å². The molecule has 1 rings (SSSR count). The fourth-order valence-electron chi connectivity index (χ4n) is 1.34. The highest BCUT2D eigenvalue weighted by Gasteiger charge is 2.52. The van der Waals surface area contributed by atoms with Gasteiger partial charge in [-0.05, 0) is 6.92 Å². The summed E-state index contributed by atoms with van der Waals surface area (Å²) in [6.45, 7) is 3.12. The molecule has 0 spiro atoms. The molecule has 2 atom stereocenters. The standard InChI is InChI=1S/C8H13NO3/c1-5(10)9-6-4-7(11)8(6,2)12-3/h6H,4H2,1-3H3,(H,9,10)/t6-,8+/m0/s1. The van der Waals surface area contributed by atoms with Gasteiger partial charge in [-0.25, -0.2) is 0 Å². The Labute approximate surface area is 71.3 Å². The van der Waals surface area contributed by atoms with Crippen LogP contribution < -0.4 is 5.32 Å². The Morgan fingerprint density at radius 2 is 2.33 bits per heavy atom. The Morgan fingerprint density at radius 1 is 1.75 bits per heavy atom. The van der Waals surface area contributed by atoms with Crippen molar-refractivity contribution in [1.82, 2.24) is 5.32 Å². The predicted octanol–water partition coefficient (Wildman–Crippen LogP) is -0.131. The quantitative estimate of drug-likeness (QED) is 0.629. The van der Waals surface area contributed by atoms with Crippen molar-refractivity contribution in [3.8, 4) is 0 Å². The van der Waals surface area contributed by atoms with E-state index in [1.54, 1.807) is 6.92 Å². The number of ketones is 1. The molecule has 12 heavy (non-hydrogen) atoms. The molecule has 0 heterocycles. The Hall–Kier alpha value is -0.900. The summed E-state index contributed by atoms with van der Waals surface area (Å²) in [6.07, 6.45) is 0.379. The molecule has 4 nitrogen and oxygen atoms in total. The van der Waals surface area contributed by atoms with E-state index in [4.69, 9.17) is 4.74 Å². The van der Waals surface area contributed by atoms with Crippen LogP contribution in [0.15, 0.2) is 0 Å². The first-order valence-corrected chi connectivity index (χ1v) is 3.86. The number of hydrogen-bond donors (Lipinski definition) is 1. The molecule has 0 radical (unpaired) electrons. The summed E-state index contributed by atoms with van der Waals surface area (Å²) in [5, 5.41) is 2.67. The van der Waals surface area contributed by atoms with E-state index in [-0.39, 0.29) is 17.7 Å². The van der Waals surface area contributed by atoms with E-state index < -0.39 is 5.60 Å². The lowest BCUT2D eigenvalue weighted by Gasteiger charge is -2.43. The molecule has 0 bridgehead atoms. The largest absolute Gasteiger partial charge is 0.369 e. The fraction of sp³-hybridized carbons (Fsp3) is 0.750. The highest BCUT2D eigenvalue weighted by molar-refractivity contribution is 5.96. The van der Waals surface area contributed by atoms with Crippen LogP contribution in [0, 0.1) is 0 Å². The number of nitrogens with one attached hydrogen (secondary N) is 1. The van der Waals surface area contributed by atoms with E-state index in [9.17, 15) is 9.59 Å². The van der Waals surface area contributed by atoms with Gasteiger partial charge in [-0.1, -0.05) is 0 Å². The average Bonchev–Trinajstić information content (AvgIpc) is 2.02. The second-order valence-electron chi connectivity index (χ2n) is 3.19. The highest BCUT2D eigenvalue weighted by atomic mass is 16.5. The molecule has 1 aliphatic rings. The Morgan fingerprint density at radius 3 is 2.67 bits per heavy atom. The summed E-state index contributed by atoms with van der Waals surface area (Å²) in [7, 11) is 1.48. The summed E-state index contributed by atoms with van der Waals surface area (Å²) in [5.74, 6) is -0.0838. The number of carbonyl (C=O) groups excluding carboxylic acids is 2. The third-order valence-corrected chi connectivity index (χ3v) is 2.41. The van der Waals surface area contributed by atoms with Crippen molar-refractivity contribution in [2.24, 2.45) is 0 Å². The van der Waals surface area contributed by atoms with Crippen LogP contribution >= 0.6 is 0 Å². The van der Waals surface area contributed by atoms with Crippen LogP contribution in [0.5, 0.6) is 0 Å². The maximum absolute atomic E-state index is 11.1. The van der Waals surface area contributed by atoms with E-state index in [2.05, 4.69) is 5.32 Å². The number of ether oxygens (including phenoxy) is 1. The normalized spacial score (nSPS) is 34.2. The first-order valence-electron chi connectivity index (χ1n) is 3.86. The molecule has 0 aliphatic heterocycles. The van der Waals surface area contributed by atoms with Gasteiger partial charge < -0.3 is 10.1 Å². The van der Waals surface area contributed by atoms with E-state index in [1.165, 1.54) is 14.0 Å². The monoisotopic (exact) mass is 171 g/mol.